The van der Waals surface area contributed by atoms with Gasteiger partial charge in [-0.3, -0.25) is 9.59 Å². The van der Waals surface area contributed by atoms with E-state index in [1.807, 2.05) is 5.32 Å². The Balaban J connectivity index is 1.96. The van der Waals surface area contributed by atoms with E-state index < -0.39 is 52.4 Å². The van der Waals surface area contributed by atoms with Gasteiger partial charge in [-0.2, -0.15) is 13.2 Å². The van der Waals surface area contributed by atoms with Crippen LogP contribution in [-0.2, 0) is 15.8 Å². The predicted octanol–water partition coefficient (Wildman–Crippen LogP) is 2.91. The first kappa shape index (κ1) is 20.7. The van der Waals surface area contributed by atoms with Crippen molar-refractivity contribution in [2.75, 3.05) is 18.9 Å². The fourth-order valence-corrected chi connectivity index (χ4v) is 3.25. The van der Waals surface area contributed by atoms with Gasteiger partial charge in [0, 0.05) is 19.5 Å². The van der Waals surface area contributed by atoms with Crippen molar-refractivity contribution in [3.63, 3.8) is 0 Å². The Labute approximate surface area is 161 Å². The summed E-state index contributed by atoms with van der Waals surface area (Å²) in [6.45, 7) is -0.167. The van der Waals surface area contributed by atoms with Crippen molar-refractivity contribution >= 4 is 17.5 Å². The van der Waals surface area contributed by atoms with Gasteiger partial charge < -0.3 is 15.3 Å². The van der Waals surface area contributed by atoms with Crippen molar-refractivity contribution in [2.45, 2.75) is 17.7 Å². The fraction of sp³-hybridized carbons (Fsp3) is 0.263. The van der Waals surface area contributed by atoms with E-state index in [1.54, 1.807) is 0 Å². The molecule has 0 aromatic heterocycles. The lowest BCUT2D eigenvalue weighted by Gasteiger charge is -2.26. The smallest absolute Gasteiger partial charge is 0.371 e. The third kappa shape index (κ3) is 3.55. The van der Waals surface area contributed by atoms with Gasteiger partial charge in [0.25, 0.3) is 11.8 Å². The molecule has 1 fully saturated rings. The maximum absolute atomic E-state index is 13.9. The number of amides is 2. The van der Waals surface area contributed by atoms with Gasteiger partial charge in [0.05, 0.1) is 11.3 Å². The van der Waals surface area contributed by atoms with E-state index in [-0.39, 0.29) is 12.1 Å². The first-order valence-corrected chi connectivity index (χ1v) is 8.36. The van der Waals surface area contributed by atoms with Gasteiger partial charge in [0.1, 0.15) is 0 Å². The van der Waals surface area contributed by atoms with Crippen LogP contribution >= 0.6 is 0 Å². The minimum absolute atomic E-state index is 0.105. The van der Waals surface area contributed by atoms with Crippen molar-refractivity contribution in [3.05, 3.63) is 65.2 Å². The molecule has 1 heterocycles. The number of halogens is 5. The number of carbonyl (C=O) groups excluding carboxylic acids is 2. The Morgan fingerprint density at radius 3 is 2.38 bits per heavy atom. The number of nitrogens with zero attached hydrogens (tertiary/aromatic N) is 1. The maximum Gasteiger partial charge on any atom is 0.416 e. The molecule has 154 valence electrons. The monoisotopic (exact) mass is 414 g/mol. The Morgan fingerprint density at radius 2 is 1.79 bits per heavy atom. The molecular weight excluding hydrogens is 399 g/mol. The third-order valence-electron chi connectivity index (χ3n) is 4.82. The van der Waals surface area contributed by atoms with Crippen molar-refractivity contribution < 1.29 is 36.6 Å². The summed E-state index contributed by atoms with van der Waals surface area (Å²) in [6.07, 6.45) is -4.58. The lowest BCUT2D eigenvalue weighted by molar-refractivity contribution is -0.152. The normalized spacial score (nSPS) is 22.1. The van der Waals surface area contributed by atoms with Gasteiger partial charge in [-0.15, -0.1) is 0 Å². The molecule has 5 nitrogen and oxygen atoms in total. The van der Waals surface area contributed by atoms with Crippen molar-refractivity contribution in [3.8, 4) is 0 Å². The van der Waals surface area contributed by atoms with E-state index in [1.165, 1.54) is 7.05 Å². The fourth-order valence-electron chi connectivity index (χ4n) is 3.25. The minimum Gasteiger partial charge on any atom is -0.371 e. The number of likely N-dealkylation sites (N-methyl/N-ethyl adjacent to an activating group) is 1. The summed E-state index contributed by atoms with van der Waals surface area (Å²) in [5.41, 5.74) is -4.13. The molecule has 3 rings (SSSR count). The molecule has 0 saturated carbocycles. The summed E-state index contributed by atoms with van der Waals surface area (Å²) in [7, 11) is 1.30. The first-order valence-electron chi connectivity index (χ1n) is 8.36. The van der Waals surface area contributed by atoms with Gasteiger partial charge in [-0.25, -0.2) is 8.78 Å². The number of benzene rings is 2. The number of aliphatic hydroxyl groups is 1. The number of hydrogen-bond acceptors (Lipinski definition) is 3. The van der Waals surface area contributed by atoms with E-state index in [0.29, 0.717) is 0 Å². The summed E-state index contributed by atoms with van der Waals surface area (Å²) in [5, 5.41) is 12.9. The second-order valence-corrected chi connectivity index (χ2v) is 6.68. The highest BCUT2D eigenvalue weighted by atomic mass is 19.4. The number of hydrogen-bond donors (Lipinski definition) is 2. The van der Waals surface area contributed by atoms with Gasteiger partial charge in [-0.1, -0.05) is 18.2 Å². The average Bonchev–Trinajstić information content (AvgIpc) is 2.90. The van der Waals surface area contributed by atoms with E-state index in [9.17, 15) is 36.6 Å². The lowest BCUT2D eigenvalue weighted by Crippen LogP contribution is -2.52. The second kappa shape index (κ2) is 7.11. The number of rotatable bonds is 3. The molecule has 10 heteroatoms. The van der Waals surface area contributed by atoms with E-state index >= 15 is 0 Å². The number of nitrogens with one attached hydrogen (secondary N) is 1. The van der Waals surface area contributed by atoms with Crippen LogP contribution in [0.5, 0.6) is 0 Å². The van der Waals surface area contributed by atoms with Crippen LogP contribution in [0.2, 0.25) is 0 Å². The van der Waals surface area contributed by atoms with Gasteiger partial charge >= 0.3 is 6.18 Å². The zero-order valence-corrected chi connectivity index (χ0v) is 14.9. The van der Waals surface area contributed by atoms with Gasteiger partial charge in [-0.05, 0) is 29.8 Å². The molecular formula is C19H15F5N2O3. The number of anilines is 1. The zero-order chi connectivity index (χ0) is 21.6. The molecule has 0 radical (unpaired) electrons. The number of carbonyl (C=O) groups is 2. The second-order valence-electron chi connectivity index (χ2n) is 6.68. The SMILES string of the molecule is CN1C[C@@H](c2ccc(C(F)(F)F)cc2)[C@@](O)(C(=O)Nc2cccc(F)c2F)C1=O. The highest BCUT2D eigenvalue weighted by molar-refractivity contribution is 6.15. The highest BCUT2D eigenvalue weighted by Crippen LogP contribution is 2.39. The van der Waals surface area contributed by atoms with Crippen LogP contribution < -0.4 is 5.32 Å². The summed E-state index contributed by atoms with van der Waals surface area (Å²) < 4.78 is 65.5. The molecule has 2 amide bonds. The minimum atomic E-state index is -4.58. The van der Waals surface area contributed by atoms with Crippen LogP contribution in [-0.4, -0.2) is 41.0 Å². The summed E-state index contributed by atoms with van der Waals surface area (Å²) in [6, 6.07) is 6.62. The van der Waals surface area contributed by atoms with Crippen molar-refractivity contribution in [2.24, 2.45) is 0 Å². The highest BCUT2D eigenvalue weighted by Gasteiger charge is 2.58. The van der Waals surface area contributed by atoms with Crippen LogP contribution in [0.15, 0.2) is 42.5 Å². The standard InChI is InChI=1S/C19H15F5N2O3/c1-26-9-12(10-5-7-11(8-6-10)19(22,23)24)18(29,17(26)28)16(27)25-14-4-2-3-13(20)15(14)21/h2-8,12,29H,9H2,1H3,(H,25,27)/t12-,18+/m0/s1. The van der Waals surface area contributed by atoms with Crippen molar-refractivity contribution in [1.29, 1.82) is 0 Å². The number of alkyl halides is 3. The first-order chi connectivity index (χ1) is 13.5. The molecule has 1 aliphatic rings. The lowest BCUT2D eigenvalue weighted by atomic mass is 9.83. The van der Waals surface area contributed by atoms with Gasteiger partial charge in [0.15, 0.2) is 11.6 Å². The van der Waals surface area contributed by atoms with E-state index in [2.05, 4.69) is 0 Å². The molecule has 29 heavy (non-hydrogen) atoms. The molecule has 2 aromatic carbocycles. The van der Waals surface area contributed by atoms with E-state index in [0.717, 1.165) is 47.4 Å². The molecule has 2 N–H and O–H groups in total. The molecule has 0 bridgehead atoms. The Bertz CT molecular complexity index is 961. The topological polar surface area (TPSA) is 69.6 Å². The van der Waals surface area contributed by atoms with Crippen LogP contribution in [0, 0.1) is 11.6 Å². The third-order valence-corrected chi connectivity index (χ3v) is 4.82. The van der Waals surface area contributed by atoms with Crippen molar-refractivity contribution in [1.82, 2.24) is 4.90 Å². The molecule has 2 atom stereocenters. The Hall–Kier alpha value is -3.01. The van der Waals surface area contributed by atoms with Gasteiger partial charge in [0.2, 0.25) is 5.60 Å². The molecule has 0 unspecified atom stereocenters. The number of likely N-dealkylation sites (tertiary alicyclic amines) is 1. The largest absolute Gasteiger partial charge is 0.416 e. The van der Waals surface area contributed by atoms with Crippen LogP contribution in [0.4, 0.5) is 27.6 Å². The van der Waals surface area contributed by atoms with Crippen LogP contribution in [0.25, 0.3) is 0 Å². The van der Waals surface area contributed by atoms with E-state index in [4.69, 9.17) is 0 Å². The molecule has 0 aliphatic carbocycles. The predicted molar refractivity (Wildman–Crippen MR) is 91.8 cm³/mol. The zero-order valence-electron chi connectivity index (χ0n) is 14.9. The molecule has 0 spiro atoms. The summed E-state index contributed by atoms with van der Waals surface area (Å²) in [4.78, 5) is 26.2. The summed E-state index contributed by atoms with van der Waals surface area (Å²) in [5.74, 6) is -6.19. The summed E-state index contributed by atoms with van der Waals surface area (Å²) >= 11 is 0. The maximum atomic E-state index is 13.9. The molecule has 1 aliphatic heterocycles. The average molecular weight is 414 g/mol. The van der Waals surface area contributed by atoms with Crippen LogP contribution in [0.3, 0.4) is 0 Å². The molecule has 1 saturated heterocycles. The Kier molecular flexibility index (Phi) is 5.08. The molecule has 2 aromatic rings. The quantitative estimate of drug-likeness (QED) is 0.600. The van der Waals surface area contributed by atoms with Crippen LogP contribution in [0.1, 0.15) is 17.0 Å². The Morgan fingerprint density at radius 1 is 1.17 bits per heavy atom.